The van der Waals surface area contributed by atoms with Crippen LogP contribution in [0.1, 0.15) is 33.6 Å². The van der Waals surface area contributed by atoms with E-state index in [1.54, 1.807) is 0 Å². The highest BCUT2D eigenvalue weighted by Gasteiger charge is 2.54. The van der Waals surface area contributed by atoms with E-state index in [9.17, 15) is 26.3 Å². The summed E-state index contributed by atoms with van der Waals surface area (Å²) in [6, 6.07) is 0. The zero-order chi connectivity index (χ0) is 13.2. The zero-order valence-electron chi connectivity index (χ0n) is 9.47. The maximum atomic E-state index is 12.7. The fourth-order valence-corrected chi connectivity index (χ4v) is 1.32. The van der Waals surface area contributed by atoms with Gasteiger partial charge in [0.05, 0.1) is 12.1 Å². The second-order valence-corrected chi connectivity index (χ2v) is 4.54. The van der Waals surface area contributed by atoms with Crippen molar-refractivity contribution < 1.29 is 26.3 Å². The number of alkyl halides is 6. The van der Waals surface area contributed by atoms with Crippen molar-refractivity contribution in [1.82, 2.24) is 0 Å². The van der Waals surface area contributed by atoms with E-state index in [1.165, 1.54) is 0 Å². The summed E-state index contributed by atoms with van der Waals surface area (Å²) in [5.41, 5.74) is -2.40. The molecule has 6 heteroatoms. The molecule has 0 heterocycles. The minimum Gasteiger partial charge on any atom is -0.251 e. The molecule has 0 saturated carbocycles. The monoisotopic (exact) mass is 250 g/mol. The second kappa shape index (κ2) is 4.84. The maximum Gasteiger partial charge on any atom is 0.394 e. The van der Waals surface area contributed by atoms with Crippen LogP contribution >= 0.6 is 0 Å². The van der Waals surface area contributed by atoms with E-state index in [4.69, 9.17) is 0 Å². The number of hydrogen-bond donors (Lipinski definition) is 0. The van der Waals surface area contributed by atoms with Gasteiger partial charge in [0, 0.05) is 6.42 Å². The lowest BCUT2D eigenvalue weighted by Crippen LogP contribution is -2.42. The molecule has 2 atom stereocenters. The molecular formula is C10H16F6. The smallest absolute Gasteiger partial charge is 0.251 e. The Bertz CT molecular complexity index is 216. The van der Waals surface area contributed by atoms with Crippen molar-refractivity contribution in [2.24, 2.45) is 11.3 Å². The van der Waals surface area contributed by atoms with Gasteiger partial charge in [-0.2, -0.15) is 13.2 Å². The minimum atomic E-state index is -4.68. The lowest BCUT2D eigenvalue weighted by Gasteiger charge is -2.37. The first kappa shape index (κ1) is 15.6. The Hall–Kier alpha value is -0.420. The molecule has 16 heavy (non-hydrogen) atoms. The van der Waals surface area contributed by atoms with Gasteiger partial charge in [0.25, 0.3) is 0 Å². The Kier molecular flexibility index (Phi) is 4.71. The van der Waals surface area contributed by atoms with Gasteiger partial charge < -0.3 is 0 Å². The van der Waals surface area contributed by atoms with E-state index in [0.717, 1.165) is 13.8 Å². The Morgan fingerprint density at radius 1 is 0.938 bits per heavy atom. The molecule has 0 aromatic carbocycles. The van der Waals surface area contributed by atoms with Crippen LogP contribution in [0.5, 0.6) is 0 Å². The summed E-state index contributed by atoms with van der Waals surface area (Å²) in [4.78, 5) is 0. The molecule has 0 fully saturated rings. The highest BCUT2D eigenvalue weighted by atomic mass is 19.4. The molecule has 0 aliphatic rings. The minimum absolute atomic E-state index is 0.559. The first-order valence-electron chi connectivity index (χ1n) is 4.94. The van der Waals surface area contributed by atoms with Gasteiger partial charge >= 0.3 is 6.18 Å². The SMILES string of the molecule is CC(CF)C(C)(CCC(C)(F)F)C(F)(F)F. The van der Waals surface area contributed by atoms with Crippen LogP contribution in [-0.2, 0) is 0 Å². The van der Waals surface area contributed by atoms with Crippen molar-refractivity contribution in [3.8, 4) is 0 Å². The van der Waals surface area contributed by atoms with Crippen LogP contribution in [0.4, 0.5) is 26.3 Å². The maximum absolute atomic E-state index is 12.7. The van der Waals surface area contributed by atoms with Gasteiger partial charge in [-0.15, -0.1) is 0 Å². The molecular weight excluding hydrogens is 234 g/mol. The fourth-order valence-electron chi connectivity index (χ4n) is 1.32. The summed E-state index contributed by atoms with van der Waals surface area (Å²) in [6.45, 7) is 1.26. The Balaban J connectivity index is 4.83. The molecule has 0 rings (SSSR count). The third-order valence-corrected chi connectivity index (χ3v) is 3.05. The van der Waals surface area contributed by atoms with Crippen LogP contribution in [0, 0.1) is 11.3 Å². The highest BCUT2D eigenvalue weighted by molar-refractivity contribution is 4.88. The second-order valence-electron chi connectivity index (χ2n) is 4.54. The van der Waals surface area contributed by atoms with Crippen LogP contribution in [0.25, 0.3) is 0 Å². The molecule has 0 bridgehead atoms. The normalized spacial score (nSPS) is 19.3. The Morgan fingerprint density at radius 2 is 1.38 bits per heavy atom. The van der Waals surface area contributed by atoms with Crippen molar-refractivity contribution in [2.75, 3.05) is 6.67 Å². The van der Waals surface area contributed by atoms with Gasteiger partial charge in [-0.3, -0.25) is 4.39 Å². The van der Waals surface area contributed by atoms with E-state index in [1.807, 2.05) is 0 Å². The average Bonchev–Trinajstić information content (AvgIpc) is 2.09. The summed E-state index contributed by atoms with van der Waals surface area (Å²) in [5, 5.41) is 0. The standard InChI is InChI=1S/C10H16F6/c1-7(6-11)8(2,10(14,15)16)4-5-9(3,12)13/h7H,4-6H2,1-3H3. The lowest BCUT2D eigenvalue weighted by molar-refractivity contribution is -0.242. The molecule has 0 aliphatic carbocycles. The van der Waals surface area contributed by atoms with E-state index in [0.29, 0.717) is 6.92 Å². The number of hydrogen-bond acceptors (Lipinski definition) is 0. The number of halogens is 6. The molecule has 0 saturated heterocycles. The summed E-state index contributed by atoms with van der Waals surface area (Å²) in [6.07, 6.45) is -6.35. The lowest BCUT2D eigenvalue weighted by atomic mass is 9.74. The van der Waals surface area contributed by atoms with Gasteiger partial charge in [-0.25, -0.2) is 8.78 Å². The van der Waals surface area contributed by atoms with E-state index in [-0.39, 0.29) is 0 Å². The van der Waals surface area contributed by atoms with Gasteiger partial charge in [0.2, 0.25) is 5.92 Å². The van der Waals surface area contributed by atoms with E-state index < -0.39 is 42.9 Å². The molecule has 0 spiro atoms. The van der Waals surface area contributed by atoms with Crippen molar-refractivity contribution >= 4 is 0 Å². The van der Waals surface area contributed by atoms with Gasteiger partial charge in [0.15, 0.2) is 0 Å². The van der Waals surface area contributed by atoms with Gasteiger partial charge in [-0.05, 0) is 19.3 Å². The molecule has 0 aromatic heterocycles. The van der Waals surface area contributed by atoms with Crippen molar-refractivity contribution in [3.05, 3.63) is 0 Å². The summed E-state index contributed by atoms with van der Waals surface area (Å²) in [7, 11) is 0. The molecule has 0 aromatic rings. The summed E-state index contributed by atoms with van der Waals surface area (Å²) in [5.74, 6) is -4.49. The van der Waals surface area contributed by atoms with Crippen LogP contribution in [-0.4, -0.2) is 18.8 Å². The molecule has 0 amide bonds. The van der Waals surface area contributed by atoms with Crippen LogP contribution in [0.15, 0.2) is 0 Å². The predicted octanol–water partition coefficient (Wildman–Crippen LogP) is 4.60. The number of rotatable bonds is 5. The highest BCUT2D eigenvalue weighted by Crippen LogP contribution is 2.48. The first-order valence-corrected chi connectivity index (χ1v) is 4.94. The summed E-state index contributed by atoms with van der Waals surface area (Å²) < 4.78 is 75.6. The zero-order valence-corrected chi connectivity index (χ0v) is 9.47. The third kappa shape index (κ3) is 3.87. The molecule has 0 N–H and O–H groups in total. The third-order valence-electron chi connectivity index (χ3n) is 3.05. The van der Waals surface area contributed by atoms with E-state index >= 15 is 0 Å². The molecule has 0 radical (unpaired) electrons. The predicted molar refractivity (Wildman–Crippen MR) is 49.2 cm³/mol. The fraction of sp³-hybridized carbons (Fsp3) is 1.00. The van der Waals surface area contributed by atoms with Crippen molar-refractivity contribution in [2.45, 2.75) is 45.7 Å². The average molecular weight is 250 g/mol. The molecule has 0 aliphatic heterocycles. The molecule has 98 valence electrons. The van der Waals surface area contributed by atoms with Gasteiger partial charge in [-0.1, -0.05) is 13.8 Å². The van der Waals surface area contributed by atoms with Crippen LogP contribution in [0.3, 0.4) is 0 Å². The molecule has 2 unspecified atom stereocenters. The summed E-state index contributed by atoms with van der Waals surface area (Å²) >= 11 is 0. The van der Waals surface area contributed by atoms with Crippen LogP contribution in [0.2, 0.25) is 0 Å². The Labute approximate surface area is 91.0 Å². The largest absolute Gasteiger partial charge is 0.394 e. The Morgan fingerprint density at radius 3 is 1.62 bits per heavy atom. The first-order chi connectivity index (χ1) is 6.94. The van der Waals surface area contributed by atoms with Crippen LogP contribution < -0.4 is 0 Å². The molecule has 0 nitrogen and oxygen atoms in total. The topological polar surface area (TPSA) is 0 Å². The van der Waals surface area contributed by atoms with Crippen molar-refractivity contribution in [3.63, 3.8) is 0 Å². The quantitative estimate of drug-likeness (QED) is 0.626. The van der Waals surface area contributed by atoms with Crippen molar-refractivity contribution in [1.29, 1.82) is 0 Å². The van der Waals surface area contributed by atoms with E-state index in [2.05, 4.69) is 0 Å². The van der Waals surface area contributed by atoms with Gasteiger partial charge in [0.1, 0.15) is 0 Å².